The molecule has 0 aliphatic carbocycles. The minimum Gasteiger partial charge on any atom is -0.390 e. The second kappa shape index (κ2) is 6.82. The number of hydrogen-bond acceptors (Lipinski definition) is 7. The maximum absolute atomic E-state index is 12.5. The van der Waals surface area contributed by atoms with Crippen molar-refractivity contribution in [3.05, 3.63) is 31.1 Å². The average molecular weight is 384 g/mol. The van der Waals surface area contributed by atoms with Crippen LogP contribution in [0.3, 0.4) is 0 Å². The number of anilines is 1. The molecule has 3 saturated heterocycles. The number of nitrogens with zero attached hydrogens (tertiary/aromatic N) is 5. The van der Waals surface area contributed by atoms with Gasteiger partial charge < -0.3 is 20.1 Å². The van der Waals surface area contributed by atoms with Gasteiger partial charge in [-0.15, -0.1) is 0 Å². The summed E-state index contributed by atoms with van der Waals surface area (Å²) in [5, 5.41) is 13.8. The number of carbonyl (C=O) groups excluding carboxylic acids is 1. The number of nitrogens with one attached hydrogen (secondary N) is 1. The van der Waals surface area contributed by atoms with Gasteiger partial charge in [-0.1, -0.05) is 0 Å². The van der Waals surface area contributed by atoms with E-state index in [1.165, 1.54) is 0 Å². The molecule has 0 aromatic carbocycles. The minimum absolute atomic E-state index is 0.0331. The Kier molecular flexibility index (Phi) is 4.28. The van der Waals surface area contributed by atoms with E-state index >= 15 is 0 Å². The van der Waals surface area contributed by atoms with Gasteiger partial charge >= 0.3 is 0 Å². The Labute approximate surface area is 162 Å². The van der Waals surface area contributed by atoms with Crippen LogP contribution in [-0.4, -0.2) is 68.5 Å². The van der Waals surface area contributed by atoms with Gasteiger partial charge in [0.25, 0.3) is 0 Å². The summed E-state index contributed by atoms with van der Waals surface area (Å²) in [6.07, 6.45) is 6.42. The number of fused-ring (bicyclic) bond motifs is 4. The zero-order valence-electron chi connectivity index (χ0n) is 15.7. The fraction of sp³-hybridized carbons (Fsp3) is 0.579. The number of aliphatic hydroxyl groups is 1. The number of aliphatic hydroxyl groups excluding tert-OH is 1. The number of amides is 1. The Morgan fingerprint density at radius 2 is 2.14 bits per heavy atom. The van der Waals surface area contributed by atoms with Gasteiger partial charge in [-0.2, -0.15) is 0 Å². The summed E-state index contributed by atoms with van der Waals surface area (Å²) in [5.74, 6) is 1.58. The average Bonchev–Trinajstić information content (AvgIpc) is 3.45. The Morgan fingerprint density at radius 1 is 1.32 bits per heavy atom. The van der Waals surface area contributed by atoms with Crippen LogP contribution in [0.5, 0.6) is 0 Å². The topological polar surface area (TPSA) is 105 Å². The molecule has 148 valence electrons. The van der Waals surface area contributed by atoms with Crippen LogP contribution < -0.4 is 10.2 Å². The second-order valence-electron chi connectivity index (χ2n) is 7.80. The molecular weight excluding hydrogens is 360 g/mol. The minimum atomic E-state index is -0.555. The van der Waals surface area contributed by atoms with Crippen molar-refractivity contribution in [2.24, 2.45) is 17.8 Å². The van der Waals surface area contributed by atoms with E-state index in [0.717, 1.165) is 11.6 Å². The molecule has 5 heterocycles. The smallest absolute Gasteiger partial charge is 0.225 e. The normalized spacial score (nSPS) is 33.7. The predicted octanol–water partition coefficient (Wildman–Crippen LogP) is -0.00100. The lowest BCUT2D eigenvalue weighted by atomic mass is 9.83. The second-order valence-corrected chi connectivity index (χ2v) is 7.80. The molecule has 2 aromatic rings. The maximum atomic E-state index is 12.5. The van der Waals surface area contributed by atoms with Crippen LogP contribution in [0, 0.1) is 17.8 Å². The fourth-order valence-corrected chi connectivity index (χ4v) is 4.99. The van der Waals surface area contributed by atoms with Crippen molar-refractivity contribution in [1.82, 2.24) is 24.8 Å². The van der Waals surface area contributed by atoms with E-state index in [4.69, 9.17) is 4.74 Å². The van der Waals surface area contributed by atoms with Gasteiger partial charge in [0.1, 0.15) is 24.3 Å². The lowest BCUT2D eigenvalue weighted by molar-refractivity contribution is -0.140. The molecule has 5 rings (SSSR count). The zero-order chi connectivity index (χ0) is 19.3. The van der Waals surface area contributed by atoms with Crippen molar-refractivity contribution >= 4 is 11.7 Å². The molecule has 2 bridgehead atoms. The van der Waals surface area contributed by atoms with E-state index in [2.05, 4.69) is 25.2 Å². The van der Waals surface area contributed by atoms with Crippen LogP contribution in [0.1, 0.15) is 13.3 Å². The van der Waals surface area contributed by atoms with E-state index in [1.807, 2.05) is 23.8 Å². The van der Waals surface area contributed by atoms with Gasteiger partial charge in [-0.3, -0.25) is 9.36 Å². The zero-order valence-corrected chi connectivity index (χ0v) is 15.7. The predicted molar refractivity (Wildman–Crippen MR) is 99.8 cm³/mol. The van der Waals surface area contributed by atoms with Crippen LogP contribution in [0.4, 0.5) is 5.82 Å². The summed E-state index contributed by atoms with van der Waals surface area (Å²) >= 11 is 0. The first-order valence-electron chi connectivity index (χ1n) is 9.82. The van der Waals surface area contributed by atoms with E-state index in [9.17, 15) is 9.90 Å². The third-order valence-corrected chi connectivity index (χ3v) is 6.29. The lowest BCUT2D eigenvalue weighted by Crippen LogP contribution is -2.47. The fourth-order valence-electron chi connectivity index (χ4n) is 4.99. The molecule has 9 nitrogen and oxygen atoms in total. The van der Waals surface area contributed by atoms with Gasteiger partial charge in [0.15, 0.2) is 0 Å². The Morgan fingerprint density at radius 3 is 2.93 bits per heavy atom. The van der Waals surface area contributed by atoms with Crippen LogP contribution in [-0.2, 0) is 9.53 Å². The lowest BCUT2D eigenvalue weighted by Gasteiger charge is -2.36. The first kappa shape index (κ1) is 17.6. The van der Waals surface area contributed by atoms with Gasteiger partial charge in [0.05, 0.1) is 24.2 Å². The summed E-state index contributed by atoms with van der Waals surface area (Å²) < 4.78 is 7.92. The molecule has 28 heavy (non-hydrogen) atoms. The van der Waals surface area contributed by atoms with Gasteiger partial charge in [0.2, 0.25) is 5.91 Å². The molecule has 3 aliphatic rings. The van der Waals surface area contributed by atoms with Gasteiger partial charge in [-0.25, -0.2) is 15.0 Å². The van der Waals surface area contributed by atoms with Crippen LogP contribution in [0.2, 0.25) is 0 Å². The molecule has 3 fully saturated rings. The standard InChI is InChI=1S/C19H24N6O3/c1-2-21-19(27)11-5-14-17(26)12-7-25(8-13(12)18(11)28-14)16-6-15(22-9-23-16)24-4-3-20-10-24/h3-4,6,9-14,17-18,26H,2,5,7-8H2,1H3,(H,21,27)/t11?,12-,13+,14+,17+,18-/m1/s1. The first-order chi connectivity index (χ1) is 13.7. The molecule has 0 radical (unpaired) electrons. The molecule has 1 amide bonds. The van der Waals surface area contributed by atoms with Crippen molar-refractivity contribution in [2.45, 2.75) is 31.7 Å². The van der Waals surface area contributed by atoms with Crippen molar-refractivity contribution in [3.63, 3.8) is 0 Å². The molecule has 6 atom stereocenters. The number of rotatable bonds is 4. The molecular formula is C19H24N6O3. The van der Waals surface area contributed by atoms with E-state index < -0.39 is 6.10 Å². The van der Waals surface area contributed by atoms with Crippen LogP contribution in [0.15, 0.2) is 31.1 Å². The largest absolute Gasteiger partial charge is 0.390 e. The summed E-state index contributed by atoms with van der Waals surface area (Å²) in [4.78, 5) is 27.5. The number of hydrogen-bond donors (Lipinski definition) is 2. The van der Waals surface area contributed by atoms with Crippen molar-refractivity contribution in [3.8, 4) is 5.82 Å². The first-order valence-corrected chi connectivity index (χ1v) is 9.82. The summed E-state index contributed by atoms with van der Waals surface area (Å²) in [6.45, 7) is 3.93. The van der Waals surface area contributed by atoms with Crippen LogP contribution in [0.25, 0.3) is 5.82 Å². The molecule has 2 aromatic heterocycles. The molecule has 9 heteroatoms. The van der Waals surface area contributed by atoms with Crippen LogP contribution >= 0.6 is 0 Å². The molecule has 0 spiro atoms. The highest BCUT2D eigenvalue weighted by Crippen LogP contribution is 2.47. The third kappa shape index (κ3) is 2.77. The van der Waals surface area contributed by atoms with E-state index in [-0.39, 0.29) is 35.9 Å². The van der Waals surface area contributed by atoms with Gasteiger partial charge in [-0.05, 0) is 13.3 Å². The highest BCUT2D eigenvalue weighted by molar-refractivity contribution is 5.79. The summed E-state index contributed by atoms with van der Waals surface area (Å²) in [5.41, 5.74) is 0. The monoisotopic (exact) mass is 384 g/mol. The number of carbonyl (C=O) groups is 1. The molecule has 0 saturated carbocycles. The van der Waals surface area contributed by atoms with Crippen molar-refractivity contribution < 1.29 is 14.6 Å². The Balaban J connectivity index is 1.39. The summed E-state index contributed by atoms with van der Waals surface area (Å²) in [7, 11) is 0. The van der Waals surface area contributed by atoms with E-state index in [1.54, 1.807) is 18.9 Å². The molecule has 3 aliphatic heterocycles. The Hall–Kier alpha value is -2.52. The molecule has 1 unspecified atom stereocenters. The quantitative estimate of drug-likeness (QED) is 0.764. The maximum Gasteiger partial charge on any atom is 0.225 e. The van der Waals surface area contributed by atoms with Crippen molar-refractivity contribution in [2.75, 3.05) is 24.5 Å². The SMILES string of the molecule is CCNC(=O)C1C[C@@H]2O[C@H]1[C@H]1CN(c3cc(-n4ccnc4)ncn3)C[C@H]1[C@@H]2O. The Bertz CT molecular complexity index is 859. The number of ether oxygens (including phenoxy) is 1. The molecule has 2 N–H and O–H groups in total. The van der Waals surface area contributed by atoms with E-state index in [0.29, 0.717) is 26.1 Å². The highest BCUT2D eigenvalue weighted by atomic mass is 16.5. The highest BCUT2D eigenvalue weighted by Gasteiger charge is 2.57. The van der Waals surface area contributed by atoms with Gasteiger partial charge in [0, 0.05) is 49.9 Å². The number of aromatic nitrogens is 4. The van der Waals surface area contributed by atoms with Crippen molar-refractivity contribution in [1.29, 1.82) is 0 Å². The summed E-state index contributed by atoms with van der Waals surface area (Å²) in [6, 6.07) is 1.92. The third-order valence-electron chi connectivity index (χ3n) is 6.29. The number of imidazole rings is 1.